The van der Waals surface area contributed by atoms with Gasteiger partial charge in [0.1, 0.15) is 6.04 Å². The number of carboxylic acid groups (broad SMARTS) is 1. The number of hydrogen-bond acceptors (Lipinski definition) is 3. The van der Waals surface area contributed by atoms with Crippen LogP contribution in [0.5, 0.6) is 0 Å². The third kappa shape index (κ3) is 4.73. The van der Waals surface area contributed by atoms with Gasteiger partial charge in [-0.25, -0.2) is 4.79 Å². The van der Waals surface area contributed by atoms with Crippen LogP contribution in [0.4, 0.5) is 0 Å². The first kappa shape index (κ1) is 15.9. The molecule has 0 aliphatic carbocycles. The summed E-state index contributed by atoms with van der Waals surface area (Å²) in [7, 11) is 0. The molecule has 0 spiro atoms. The highest BCUT2D eigenvalue weighted by Gasteiger charge is 2.32. The van der Waals surface area contributed by atoms with Crippen LogP contribution in [-0.4, -0.2) is 29.6 Å². The van der Waals surface area contributed by atoms with E-state index in [1.54, 1.807) is 6.92 Å². The van der Waals surface area contributed by atoms with E-state index in [4.69, 9.17) is 10.8 Å². The van der Waals surface area contributed by atoms with Crippen LogP contribution in [0.2, 0.25) is 0 Å². The fourth-order valence-corrected chi connectivity index (χ4v) is 1.42. The summed E-state index contributed by atoms with van der Waals surface area (Å²) in [5.41, 5.74) is 4.87. The van der Waals surface area contributed by atoms with E-state index in [-0.39, 0.29) is 18.4 Å². The van der Waals surface area contributed by atoms with Gasteiger partial charge in [0.05, 0.1) is 5.41 Å². The third-order valence-electron chi connectivity index (χ3n) is 3.09. The second-order valence-corrected chi connectivity index (χ2v) is 5.11. The molecule has 0 rings (SSSR count). The predicted octanol–water partition coefficient (Wildman–Crippen LogP) is 0.977. The molecule has 0 saturated heterocycles. The van der Waals surface area contributed by atoms with Crippen molar-refractivity contribution in [2.75, 3.05) is 6.54 Å². The molecule has 0 saturated carbocycles. The van der Waals surface area contributed by atoms with Crippen molar-refractivity contribution in [3.8, 4) is 0 Å². The molecule has 0 aromatic heterocycles. The highest BCUT2D eigenvalue weighted by Crippen LogP contribution is 2.20. The van der Waals surface area contributed by atoms with Crippen LogP contribution < -0.4 is 11.1 Å². The molecule has 1 unspecified atom stereocenters. The Morgan fingerprint density at radius 3 is 2.24 bits per heavy atom. The van der Waals surface area contributed by atoms with Crippen LogP contribution in [0.25, 0.3) is 0 Å². The van der Waals surface area contributed by atoms with Crippen LogP contribution in [0, 0.1) is 11.3 Å². The zero-order valence-electron chi connectivity index (χ0n) is 11.1. The minimum Gasteiger partial charge on any atom is -0.480 e. The maximum atomic E-state index is 12.0. The summed E-state index contributed by atoms with van der Waals surface area (Å²) >= 11 is 0. The van der Waals surface area contributed by atoms with Crippen molar-refractivity contribution in [3.05, 3.63) is 0 Å². The van der Waals surface area contributed by atoms with E-state index in [2.05, 4.69) is 5.32 Å². The van der Waals surface area contributed by atoms with Gasteiger partial charge in [-0.2, -0.15) is 0 Å². The SMILES string of the molecule is CCC(C)(CN)C(=O)N[C@@H](CC(C)C)C(=O)O. The fourth-order valence-electron chi connectivity index (χ4n) is 1.42. The number of nitrogens with one attached hydrogen (secondary N) is 1. The van der Waals surface area contributed by atoms with Gasteiger partial charge in [0.15, 0.2) is 0 Å². The van der Waals surface area contributed by atoms with Gasteiger partial charge < -0.3 is 16.2 Å². The van der Waals surface area contributed by atoms with E-state index in [1.165, 1.54) is 0 Å². The average Bonchev–Trinajstić information content (AvgIpc) is 2.26. The number of amides is 1. The largest absolute Gasteiger partial charge is 0.480 e. The number of carboxylic acids is 1. The van der Waals surface area contributed by atoms with Gasteiger partial charge in [0.2, 0.25) is 5.91 Å². The van der Waals surface area contributed by atoms with Gasteiger partial charge in [-0.15, -0.1) is 0 Å². The number of hydrogen-bond donors (Lipinski definition) is 3. The molecule has 0 bridgehead atoms. The minimum atomic E-state index is -0.998. The van der Waals surface area contributed by atoms with Crippen LogP contribution >= 0.6 is 0 Å². The van der Waals surface area contributed by atoms with Crippen molar-refractivity contribution in [1.82, 2.24) is 5.32 Å². The Balaban J connectivity index is 4.66. The Hall–Kier alpha value is -1.10. The molecular formula is C12H24N2O3. The highest BCUT2D eigenvalue weighted by atomic mass is 16.4. The summed E-state index contributed by atoms with van der Waals surface area (Å²) in [4.78, 5) is 23.0. The third-order valence-corrected chi connectivity index (χ3v) is 3.09. The maximum absolute atomic E-state index is 12.0. The summed E-state index contributed by atoms with van der Waals surface area (Å²) < 4.78 is 0. The second kappa shape index (κ2) is 6.59. The molecule has 0 aromatic carbocycles. The molecule has 0 aromatic rings. The molecule has 4 N–H and O–H groups in total. The van der Waals surface area contributed by atoms with Gasteiger partial charge >= 0.3 is 5.97 Å². The van der Waals surface area contributed by atoms with Gasteiger partial charge in [-0.1, -0.05) is 20.8 Å². The Bertz CT molecular complexity index is 273. The van der Waals surface area contributed by atoms with E-state index in [0.717, 1.165) is 0 Å². The molecular weight excluding hydrogens is 220 g/mol. The van der Waals surface area contributed by atoms with E-state index in [0.29, 0.717) is 12.8 Å². The fraction of sp³-hybridized carbons (Fsp3) is 0.833. The topological polar surface area (TPSA) is 92.4 Å². The number of nitrogens with two attached hydrogens (primary N) is 1. The summed E-state index contributed by atoms with van der Waals surface area (Å²) in [6.07, 6.45) is 1.01. The second-order valence-electron chi connectivity index (χ2n) is 5.11. The summed E-state index contributed by atoms with van der Waals surface area (Å²) in [5.74, 6) is -1.07. The molecule has 0 aliphatic heterocycles. The van der Waals surface area contributed by atoms with Crippen molar-refractivity contribution >= 4 is 11.9 Å². The van der Waals surface area contributed by atoms with Gasteiger partial charge in [0.25, 0.3) is 0 Å². The van der Waals surface area contributed by atoms with Crippen molar-refractivity contribution in [3.63, 3.8) is 0 Å². The molecule has 17 heavy (non-hydrogen) atoms. The average molecular weight is 244 g/mol. The quantitative estimate of drug-likeness (QED) is 0.622. The van der Waals surface area contributed by atoms with Crippen molar-refractivity contribution in [2.24, 2.45) is 17.1 Å². The van der Waals surface area contributed by atoms with Crippen molar-refractivity contribution < 1.29 is 14.7 Å². The van der Waals surface area contributed by atoms with Gasteiger partial charge in [0, 0.05) is 6.54 Å². The zero-order valence-corrected chi connectivity index (χ0v) is 11.1. The molecule has 0 radical (unpaired) electrons. The van der Waals surface area contributed by atoms with E-state index < -0.39 is 17.4 Å². The first-order valence-corrected chi connectivity index (χ1v) is 6.00. The van der Waals surface area contributed by atoms with Gasteiger partial charge in [-0.3, -0.25) is 4.79 Å². The molecule has 0 fully saturated rings. The summed E-state index contributed by atoms with van der Waals surface area (Å²) in [5, 5.41) is 11.6. The molecule has 0 heterocycles. The normalized spacial score (nSPS) is 16.4. The highest BCUT2D eigenvalue weighted by molar-refractivity contribution is 5.87. The first-order valence-electron chi connectivity index (χ1n) is 6.00. The van der Waals surface area contributed by atoms with Crippen molar-refractivity contribution in [2.45, 2.75) is 46.6 Å². The standard InChI is InChI=1S/C12H24N2O3/c1-5-12(4,7-13)11(17)14-9(10(15)16)6-8(2)3/h8-9H,5-7,13H2,1-4H3,(H,14,17)(H,15,16)/t9-,12?/m0/s1. The lowest BCUT2D eigenvalue weighted by atomic mass is 9.86. The minimum absolute atomic E-state index is 0.210. The smallest absolute Gasteiger partial charge is 0.326 e. The monoisotopic (exact) mass is 244 g/mol. The lowest BCUT2D eigenvalue weighted by molar-refractivity contribution is -0.144. The predicted molar refractivity (Wildman–Crippen MR) is 66.5 cm³/mol. The number of carbonyl (C=O) groups is 2. The summed E-state index contributed by atoms with van der Waals surface area (Å²) in [6.45, 7) is 7.67. The zero-order chi connectivity index (χ0) is 13.6. The lowest BCUT2D eigenvalue weighted by Crippen LogP contribution is -2.50. The Labute approximate surface area is 103 Å². The number of carbonyl (C=O) groups excluding carboxylic acids is 1. The Morgan fingerprint density at radius 1 is 1.41 bits per heavy atom. The van der Waals surface area contributed by atoms with Crippen LogP contribution in [-0.2, 0) is 9.59 Å². The molecule has 100 valence electrons. The Morgan fingerprint density at radius 2 is 1.94 bits per heavy atom. The van der Waals surface area contributed by atoms with E-state index in [1.807, 2.05) is 20.8 Å². The molecule has 0 aliphatic rings. The van der Waals surface area contributed by atoms with Gasteiger partial charge in [-0.05, 0) is 25.7 Å². The van der Waals surface area contributed by atoms with Crippen LogP contribution in [0.15, 0.2) is 0 Å². The van der Waals surface area contributed by atoms with E-state index >= 15 is 0 Å². The lowest BCUT2D eigenvalue weighted by Gasteiger charge is -2.27. The molecule has 5 nitrogen and oxygen atoms in total. The maximum Gasteiger partial charge on any atom is 0.326 e. The summed E-state index contributed by atoms with van der Waals surface area (Å²) in [6, 6.07) is -0.833. The Kier molecular flexibility index (Phi) is 6.16. The molecule has 2 atom stereocenters. The van der Waals surface area contributed by atoms with Crippen LogP contribution in [0.1, 0.15) is 40.5 Å². The van der Waals surface area contributed by atoms with Crippen molar-refractivity contribution in [1.29, 1.82) is 0 Å². The number of aliphatic carboxylic acids is 1. The van der Waals surface area contributed by atoms with Crippen LogP contribution in [0.3, 0.4) is 0 Å². The first-order chi connectivity index (χ1) is 7.76. The van der Waals surface area contributed by atoms with E-state index in [9.17, 15) is 9.59 Å². The molecule has 1 amide bonds. The molecule has 5 heteroatoms. The number of rotatable bonds is 7.